The van der Waals surface area contributed by atoms with E-state index >= 15 is 0 Å². The van der Waals surface area contributed by atoms with Gasteiger partial charge in [0.2, 0.25) is 0 Å². The van der Waals surface area contributed by atoms with Crippen molar-refractivity contribution in [2.24, 2.45) is 0 Å². The van der Waals surface area contributed by atoms with Crippen LogP contribution < -0.4 is 20.3 Å². The van der Waals surface area contributed by atoms with Crippen molar-refractivity contribution in [3.8, 4) is 34.0 Å². The van der Waals surface area contributed by atoms with E-state index in [9.17, 15) is 18.0 Å². The summed E-state index contributed by atoms with van der Waals surface area (Å²) in [5.41, 5.74) is 3.37. The van der Waals surface area contributed by atoms with Crippen molar-refractivity contribution in [3.63, 3.8) is 0 Å². The average Bonchev–Trinajstić information content (AvgIpc) is 3.46. The molecule has 0 fully saturated rings. The number of fused-ring (bicyclic) bond motifs is 1. The fraction of sp³-hybridized carbons (Fsp3) is 0.125. The number of pyridine rings is 1. The summed E-state index contributed by atoms with van der Waals surface area (Å²) in [6.07, 6.45) is 3.17. The highest BCUT2D eigenvalue weighted by Crippen LogP contribution is 2.36. The molecule has 11 nitrogen and oxygen atoms in total. The maximum absolute atomic E-state index is 13.4. The van der Waals surface area contributed by atoms with Crippen LogP contribution in [-0.2, 0) is 6.18 Å². The molecule has 0 radical (unpaired) electrons. The maximum Gasteiger partial charge on any atom is 0.416 e. The van der Waals surface area contributed by atoms with Crippen LogP contribution in [0.25, 0.3) is 27.9 Å². The molecule has 4 heterocycles. The van der Waals surface area contributed by atoms with Crippen molar-refractivity contribution < 1.29 is 22.7 Å². The summed E-state index contributed by atoms with van der Waals surface area (Å²) in [5.74, 6) is 1.28. The second kappa shape index (κ2) is 12.1. The molecule has 6 rings (SSSR count). The summed E-state index contributed by atoms with van der Waals surface area (Å²) in [5, 5.41) is 9.40. The Bertz CT molecular complexity index is 2010. The Morgan fingerprint density at radius 2 is 1.59 bits per heavy atom. The summed E-state index contributed by atoms with van der Waals surface area (Å²) in [6.45, 7) is 1.79. The standard InChI is InChI=1S/C32H26F3N9O2/c1-19-4-5-21(15-36-19)25-11-8-22(32(33,34)35)14-27(25)41-30(45)40-23-16-37-31(38-17-23)46-24-9-6-20(7-10-24)26-18-39-44-13-12-28(43(2)3)42-29(26)44/h4-18H,1-3H3,(H2,40,41,45). The molecule has 0 atom stereocenters. The third kappa shape index (κ3) is 6.55. The first-order valence-electron chi connectivity index (χ1n) is 13.9. The van der Waals surface area contributed by atoms with Gasteiger partial charge in [0, 0.05) is 48.9 Å². The largest absolute Gasteiger partial charge is 0.424 e. The van der Waals surface area contributed by atoms with Crippen LogP contribution in [0.4, 0.5) is 35.2 Å². The molecule has 0 spiro atoms. The van der Waals surface area contributed by atoms with Gasteiger partial charge in [0.15, 0.2) is 5.65 Å². The number of hydrogen-bond acceptors (Lipinski definition) is 8. The van der Waals surface area contributed by atoms with Crippen LogP contribution in [0.3, 0.4) is 0 Å². The minimum absolute atomic E-state index is 0.0269. The number of nitrogens with one attached hydrogen (secondary N) is 2. The first-order chi connectivity index (χ1) is 22.0. The summed E-state index contributed by atoms with van der Waals surface area (Å²) < 4.78 is 47.8. The van der Waals surface area contributed by atoms with Crippen LogP contribution in [0.2, 0.25) is 0 Å². The van der Waals surface area contributed by atoms with Crippen LogP contribution in [0.5, 0.6) is 11.8 Å². The monoisotopic (exact) mass is 625 g/mol. The Kier molecular flexibility index (Phi) is 7.92. The number of ether oxygens (including phenoxy) is 1. The van der Waals surface area contributed by atoms with E-state index in [0.29, 0.717) is 22.5 Å². The zero-order valence-corrected chi connectivity index (χ0v) is 24.7. The summed E-state index contributed by atoms with van der Waals surface area (Å²) >= 11 is 0. The van der Waals surface area contributed by atoms with Crippen LogP contribution in [0.15, 0.2) is 91.6 Å². The second-order valence-corrected chi connectivity index (χ2v) is 10.4. The van der Waals surface area contributed by atoms with Gasteiger partial charge in [-0.15, -0.1) is 0 Å². The Morgan fingerprint density at radius 1 is 0.848 bits per heavy atom. The summed E-state index contributed by atoms with van der Waals surface area (Å²) in [7, 11) is 3.84. The number of aromatic nitrogens is 6. The summed E-state index contributed by atoms with van der Waals surface area (Å²) in [6, 6.07) is 14.9. The van der Waals surface area contributed by atoms with E-state index in [1.54, 1.807) is 41.9 Å². The van der Waals surface area contributed by atoms with Crippen LogP contribution in [-0.4, -0.2) is 49.7 Å². The second-order valence-electron chi connectivity index (χ2n) is 10.4. The number of urea groups is 1. The Morgan fingerprint density at radius 3 is 2.26 bits per heavy atom. The number of carbonyl (C=O) groups is 1. The molecule has 0 aliphatic rings. The Labute approximate surface area is 260 Å². The van der Waals surface area contributed by atoms with Crippen LogP contribution in [0.1, 0.15) is 11.3 Å². The predicted molar refractivity (Wildman–Crippen MR) is 167 cm³/mol. The zero-order chi connectivity index (χ0) is 32.4. The highest BCUT2D eigenvalue weighted by atomic mass is 19.4. The van der Waals surface area contributed by atoms with E-state index in [0.717, 1.165) is 34.8 Å². The molecule has 0 saturated carbocycles. The van der Waals surface area contributed by atoms with E-state index in [1.807, 2.05) is 43.4 Å². The minimum Gasteiger partial charge on any atom is -0.424 e. The number of halogens is 3. The van der Waals surface area contributed by atoms with Gasteiger partial charge in [-0.05, 0) is 48.9 Å². The number of alkyl halides is 3. The molecule has 2 aromatic carbocycles. The van der Waals surface area contributed by atoms with Gasteiger partial charge in [-0.1, -0.05) is 24.3 Å². The van der Waals surface area contributed by atoms with Crippen molar-refractivity contribution in [2.75, 3.05) is 29.6 Å². The first kappa shape index (κ1) is 30.0. The minimum atomic E-state index is -4.59. The molecule has 0 saturated heterocycles. The fourth-order valence-electron chi connectivity index (χ4n) is 4.54. The average molecular weight is 626 g/mol. The highest BCUT2D eigenvalue weighted by molar-refractivity contribution is 6.02. The van der Waals surface area contributed by atoms with Crippen molar-refractivity contribution in [3.05, 3.63) is 103 Å². The van der Waals surface area contributed by atoms with Gasteiger partial charge in [0.25, 0.3) is 0 Å². The molecule has 2 amide bonds. The van der Waals surface area contributed by atoms with Gasteiger partial charge >= 0.3 is 18.2 Å². The van der Waals surface area contributed by atoms with Gasteiger partial charge in [-0.3, -0.25) is 4.98 Å². The van der Waals surface area contributed by atoms with Crippen molar-refractivity contribution >= 4 is 28.9 Å². The van der Waals surface area contributed by atoms with E-state index in [1.165, 1.54) is 24.7 Å². The Balaban J connectivity index is 1.13. The number of carbonyl (C=O) groups excluding carboxylic acids is 1. The molecular formula is C32H26F3N9O2. The number of anilines is 3. The fourth-order valence-corrected chi connectivity index (χ4v) is 4.54. The SMILES string of the molecule is Cc1ccc(-c2ccc(C(F)(F)F)cc2NC(=O)Nc2cnc(Oc3ccc(-c4cnn5ccc(N(C)C)nc45)cc3)nc2)cn1. The zero-order valence-electron chi connectivity index (χ0n) is 24.7. The Hall–Kier alpha value is -6.05. The lowest BCUT2D eigenvalue weighted by molar-refractivity contribution is -0.137. The number of rotatable bonds is 7. The van der Waals surface area contributed by atoms with Crippen molar-refractivity contribution in [1.82, 2.24) is 29.5 Å². The van der Waals surface area contributed by atoms with Crippen molar-refractivity contribution in [2.45, 2.75) is 13.1 Å². The number of hydrogen-bond donors (Lipinski definition) is 2. The molecule has 0 unspecified atom stereocenters. The van der Waals surface area contributed by atoms with Gasteiger partial charge < -0.3 is 20.3 Å². The van der Waals surface area contributed by atoms with E-state index in [4.69, 9.17) is 4.74 Å². The molecule has 0 bridgehead atoms. The molecule has 4 aromatic heterocycles. The first-order valence-corrected chi connectivity index (χ1v) is 13.9. The van der Waals surface area contributed by atoms with Crippen molar-refractivity contribution in [1.29, 1.82) is 0 Å². The van der Waals surface area contributed by atoms with Gasteiger partial charge in [0.05, 0.1) is 35.5 Å². The van der Waals surface area contributed by atoms with Crippen LogP contribution >= 0.6 is 0 Å². The number of amides is 2. The van der Waals surface area contributed by atoms with Gasteiger partial charge in [-0.25, -0.2) is 24.3 Å². The molecular weight excluding hydrogens is 599 g/mol. The topological polar surface area (TPSA) is 122 Å². The third-order valence-corrected chi connectivity index (χ3v) is 6.89. The predicted octanol–water partition coefficient (Wildman–Crippen LogP) is 7.08. The lowest BCUT2D eigenvalue weighted by atomic mass is 10.0. The molecule has 232 valence electrons. The molecule has 46 heavy (non-hydrogen) atoms. The van der Waals surface area contributed by atoms with E-state index < -0.39 is 17.8 Å². The van der Waals surface area contributed by atoms with E-state index in [2.05, 4.69) is 35.7 Å². The molecule has 6 aromatic rings. The normalized spacial score (nSPS) is 11.3. The highest BCUT2D eigenvalue weighted by Gasteiger charge is 2.31. The van der Waals surface area contributed by atoms with Crippen LogP contribution in [0, 0.1) is 6.92 Å². The third-order valence-electron chi connectivity index (χ3n) is 6.89. The van der Waals surface area contributed by atoms with E-state index in [-0.39, 0.29) is 17.4 Å². The lowest BCUT2D eigenvalue weighted by Crippen LogP contribution is -2.20. The van der Waals surface area contributed by atoms with Gasteiger partial charge in [0.1, 0.15) is 11.6 Å². The molecule has 2 N–H and O–H groups in total. The van der Waals surface area contributed by atoms with Gasteiger partial charge in [-0.2, -0.15) is 18.3 Å². The number of benzene rings is 2. The molecule has 0 aliphatic heterocycles. The molecule has 14 heteroatoms. The number of aryl methyl sites for hydroxylation is 1. The lowest BCUT2D eigenvalue weighted by Gasteiger charge is -2.15. The quantitative estimate of drug-likeness (QED) is 0.193. The summed E-state index contributed by atoms with van der Waals surface area (Å²) in [4.78, 5) is 31.9. The number of nitrogens with zero attached hydrogens (tertiary/aromatic N) is 7. The smallest absolute Gasteiger partial charge is 0.416 e. The maximum atomic E-state index is 13.4. The molecule has 0 aliphatic carbocycles.